The van der Waals surface area contributed by atoms with Gasteiger partial charge in [-0.15, -0.1) is 0 Å². The number of ether oxygens (including phenoxy) is 2. The van der Waals surface area contributed by atoms with E-state index < -0.39 is 0 Å². The lowest BCUT2D eigenvalue weighted by atomic mass is 9.77. The minimum atomic E-state index is 0.130. The van der Waals surface area contributed by atoms with E-state index in [1.807, 2.05) is 12.1 Å². The fourth-order valence-electron chi connectivity index (χ4n) is 2.83. The molecule has 0 bridgehead atoms. The van der Waals surface area contributed by atoms with E-state index in [1.165, 1.54) is 37.7 Å². The number of methoxy groups -OCH3 is 1. The largest absolute Gasteiger partial charge is 0.497 e. The molecule has 2 saturated carbocycles. The summed E-state index contributed by atoms with van der Waals surface area (Å²) in [4.78, 5) is 0. The number of nitrogens with one attached hydrogen (secondary N) is 1. The molecule has 0 saturated heterocycles. The van der Waals surface area contributed by atoms with Crippen LogP contribution in [0.5, 0.6) is 5.75 Å². The molecule has 0 spiro atoms. The first-order chi connectivity index (χ1) is 9.80. The summed E-state index contributed by atoms with van der Waals surface area (Å²) in [7, 11) is 1.71. The molecule has 0 aromatic heterocycles. The third-order valence-corrected chi connectivity index (χ3v) is 4.53. The molecular weight excluding hydrogens is 250 g/mol. The van der Waals surface area contributed by atoms with E-state index in [1.54, 1.807) is 7.11 Å². The maximum atomic E-state index is 6.26. The van der Waals surface area contributed by atoms with Crippen LogP contribution in [0.4, 0.5) is 0 Å². The minimum absolute atomic E-state index is 0.130. The van der Waals surface area contributed by atoms with Crippen LogP contribution in [0.3, 0.4) is 0 Å². The van der Waals surface area contributed by atoms with E-state index in [2.05, 4.69) is 17.4 Å². The smallest absolute Gasteiger partial charge is 0.119 e. The first kappa shape index (κ1) is 13.9. The van der Waals surface area contributed by atoms with Crippen LogP contribution in [0.2, 0.25) is 0 Å². The average molecular weight is 275 g/mol. The van der Waals surface area contributed by atoms with Gasteiger partial charge in [0.15, 0.2) is 0 Å². The topological polar surface area (TPSA) is 30.5 Å². The maximum absolute atomic E-state index is 6.26. The monoisotopic (exact) mass is 275 g/mol. The highest BCUT2D eigenvalue weighted by atomic mass is 16.5. The first-order valence-electron chi connectivity index (χ1n) is 7.80. The van der Waals surface area contributed by atoms with Crippen molar-refractivity contribution >= 4 is 0 Å². The maximum Gasteiger partial charge on any atom is 0.119 e. The Morgan fingerprint density at radius 2 is 2.15 bits per heavy atom. The Hall–Kier alpha value is -1.06. The van der Waals surface area contributed by atoms with Crippen LogP contribution in [-0.2, 0) is 11.3 Å². The van der Waals surface area contributed by atoms with Crippen molar-refractivity contribution in [1.82, 2.24) is 5.32 Å². The molecule has 2 aliphatic rings. The van der Waals surface area contributed by atoms with Crippen LogP contribution in [0.15, 0.2) is 24.3 Å². The lowest BCUT2D eigenvalue weighted by Gasteiger charge is -2.42. The zero-order valence-corrected chi connectivity index (χ0v) is 12.4. The fraction of sp³-hybridized carbons (Fsp3) is 0.647. The molecule has 1 N–H and O–H groups in total. The second-order valence-corrected chi connectivity index (χ2v) is 6.16. The molecule has 0 aliphatic heterocycles. The van der Waals surface area contributed by atoms with E-state index in [0.29, 0.717) is 6.61 Å². The highest BCUT2D eigenvalue weighted by Gasteiger charge is 2.37. The van der Waals surface area contributed by atoms with Gasteiger partial charge in [-0.3, -0.25) is 0 Å². The molecule has 0 heterocycles. The van der Waals surface area contributed by atoms with Gasteiger partial charge >= 0.3 is 0 Å². The molecule has 0 radical (unpaired) electrons. The van der Waals surface area contributed by atoms with E-state index >= 15 is 0 Å². The number of rotatable bonds is 8. The molecule has 0 amide bonds. The van der Waals surface area contributed by atoms with Crippen molar-refractivity contribution in [3.8, 4) is 5.75 Å². The van der Waals surface area contributed by atoms with Gasteiger partial charge in [0.25, 0.3) is 0 Å². The lowest BCUT2D eigenvalue weighted by molar-refractivity contribution is -0.114. The molecule has 2 aliphatic carbocycles. The van der Waals surface area contributed by atoms with Crippen molar-refractivity contribution in [2.24, 2.45) is 0 Å². The van der Waals surface area contributed by atoms with Crippen molar-refractivity contribution in [2.45, 2.75) is 56.8 Å². The van der Waals surface area contributed by atoms with Gasteiger partial charge in [0.2, 0.25) is 0 Å². The van der Waals surface area contributed by atoms with Gasteiger partial charge in [-0.2, -0.15) is 0 Å². The van der Waals surface area contributed by atoms with Crippen molar-refractivity contribution in [1.29, 1.82) is 0 Å². The van der Waals surface area contributed by atoms with Crippen LogP contribution in [-0.4, -0.2) is 25.3 Å². The van der Waals surface area contributed by atoms with E-state index in [4.69, 9.17) is 9.47 Å². The molecule has 1 aromatic rings. The Balaban J connectivity index is 1.48. The highest BCUT2D eigenvalue weighted by Crippen LogP contribution is 2.39. The van der Waals surface area contributed by atoms with Gasteiger partial charge in [-0.1, -0.05) is 12.1 Å². The predicted molar refractivity (Wildman–Crippen MR) is 80.0 cm³/mol. The summed E-state index contributed by atoms with van der Waals surface area (Å²) in [5.41, 5.74) is 1.33. The molecule has 20 heavy (non-hydrogen) atoms. The Kier molecular flexibility index (Phi) is 4.27. The van der Waals surface area contributed by atoms with Crippen LogP contribution in [0.25, 0.3) is 0 Å². The fourth-order valence-corrected chi connectivity index (χ4v) is 2.83. The summed E-state index contributed by atoms with van der Waals surface area (Å²) in [6, 6.07) is 8.97. The van der Waals surface area contributed by atoms with Gasteiger partial charge in [0.05, 0.1) is 19.3 Å². The van der Waals surface area contributed by atoms with Crippen molar-refractivity contribution < 1.29 is 9.47 Å². The second kappa shape index (κ2) is 6.15. The van der Waals surface area contributed by atoms with Gasteiger partial charge < -0.3 is 14.8 Å². The van der Waals surface area contributed by atoms with E-state index in [0.717, 1.165) is 24.8 Å². The van der Waals surface area contributed by atoms with Crippen molar-refractivity contribution in [2.75, 3.05) is 13.7 Å². The quantitative estimate of drug-likeness (QED) is 0.790. The molecule has 0 atom stereocenters. The summed E-state index contributed by atoms with van der Waals surface area (Å²) in [6.07, 6.45) is 7.59. The van der Waals surface area contributed by atoms with E-state index in [9.17, 15) is 0 Å². The molecule has 1 aromatic carbocycles. The molecule has 0 unspecified atom stereocenters. The minimum Gasteiger partial charge on any atom is -0.497 e. The third kappa shape index (κ3) is 3.53. The Bertz CT molecular complexity index is 438. The Morgan fingerprint density at radius 3 is 2.80 bits per heavy atom. The first-order valence-corrected chi connectivity index (χ1v) is 7.80. The van der Waals surface area contributed by atoms with Crippen molar-refractivity contribution in [3.05, 3.63) is 29.8 Å². The average Bonchev–Trinajstić information content (AvgIpc) is 3.25. The second-order valence-electron chi connectivity index (χ2n) is 6.16. The summed E-state index contributed by atoms with van der Waals surface area (Å²) in [5.74, 6) is 0.907. The molecule has 2 fully saturated rings. The van der Waals surface area contributed by atoms with Crippen molar-refractivity contribution in [3.63, 3.8) is 0 Å². The SMILES string of the molecule is COc1cccc(COC2(CCNC3CC3)CCC2)c1. The summed E-state index contributed by atoms with van der Waals surface area (Å²) >= 11 is 0. The standard InChI is InChI=1S/C17H25NO2/c1-19-16-5-2-4-14(12-16)13-20-17(8-3-9-17)10-11-18-15-6-7-15/h2,4-5,12,15,18H,3,6-11,13H2,1H3. The normalized spacial score (nSPS) is 20.4. The zero-order valence-electron chi connectivity index (χ0n) is 12.4. The Morgan fingerprint density at radius 1 is 1.30 bits per heavy atom. The Labute approximate surface area is 121 Å². The van der Waals surface area contributed by atoms with Gasteiger partial charge in [0.1, 0.15) is 5.75 Å². The van der Waals surface area contributed by atoms with E-state index in [-0.39, 0.29) is 5.60 Å². The van der Waals surface area contributed by atoms with Crippen LogP contribution >= 0.6 is 0 Å². The summed E-state index contributed by atoms with van der Waals surface area (Å²) in [5, 5.41) is 3.60. The zero-order chi connectivity index (χ0) is 13.8. The number of hydrogen-bond donors (Lipinski definition) is 1. The summed E-state index contributed by atoms with van der Waals surface area (Å²) < 4.78 is 11.5. The predicted octanol–water partition coefficient (Wildman–Crippen LogP) is 3.28. The van der Waals surface area contributed by atoms with Gasteiger partial charge in [-0.25, -0.2) is 0 Å². The van der Waals surface area contributed by atoms with Crippen LogP contribution < -0.4 is 10.1 Å². The lowest BCUT2D eigenvalue weighted by Crippen LogP contribution is -2.42. The molecule has 3 heteroatoms. The van der Waals surface area contributed by atoms with Crippen LogP contribution in [0.1, 0.15) is 44.1 Å². The summed E-state index contributed by atoms with van der Waals surface area (Å²) in [6.45, 7) is 1.80. The number of hydrogen-bond acceptors (Lipinski definition) is 3. The molecular formula is C17H25NO2. The van der Waals surface area contributed by atoms with Gasteiger partial charge in [0, 0.05) is 6.04 Å². The number of benzene rings is 1. The third-order valence-electron chi connectivity index (χ3n) is 4.53. The molecule has 110 valence electrons. The highest BCUT2D eigenvalue weighted by molar-refractivity contribution is 5.27. The van der Waals surface area contributed by atoms with Gasteiger partial charge in [-0.05, 0) is 62.8 Å². The molecule has 3 rings (SSSR count). The molecule has 3 nitrogen and oxygen atoms in total. The van der Waals surface area contributed by atoms with Crippen LogP contribution in [0, 0.1) is 0 Å².